The zero-order chi connectivity index (χ0) is 16.8. The summed E-state index contributed by atoms with van der Waals surface area (Å²) in [6.07, 6.45) is 7.47. The van der Waals surface area contributed by atoms with Crippen LogP contribution in [0.4, 0.5) is 8.78 Å². The maximum atomic E-state index is 13.8. The summed E-state index contributed by atoms with van der Waals surface area (Å²) in [5, 5.41) is 18.3. The molecule has 2 aromatic rings. The van der Waals surface area contributed by atoms with Crippen LogP contribution >= 0.6 is 0 Å². The van der Waals surface area contributed by atoms with Crippen LogP contribution in [0.25, 0.3) is 17.2 Å². The van der Waals surface area contributed by atoms with E-state index in [0.29, 0.717) is 11.3 Å². The van der Waals surface area contributed by atoms with Crippen molar-refractivity contribution in [3.63, 3.8) is 0 Å². The van der Waals surface area contributed by atoms with Crippen LogP contribution in [0.1, 0.15) is 31.9 Å². The van der Waals surface area contributed by atoms with Gasteiger partial charge in [0.1, 0.15) is 0 Å². The highest BCUT2D eigenvalue weighted by Gasteiger charge is 2.14. The van der Waals surface area contributed by atoms with Crippen LogP contribution in [-0.4, -0.2) is 21.3 Å². The summed E-state index contributed by atoms with van der Waals surface area (Å²) >= 11 is 0. The molecular formula is C18H19F2NO2. The number of aromatic nitrogens is 1. The molecule has 1 aromatic carbocycles. The zero-order valence-corrected chi connectivity index (χ0v) is 12.8. The third-order valence-corrected chi connectivity index (χ3v) is 3.44. The van der Waals surface area contributed by atoms with Crippen LogP contribution in [0.15, 0.2) is 36.5 Å². The van der Waals surface area contributed by atoms with Crippen molar-refractivity contribution in [1.82, 2.24) is 4.98 Å². The molecule has 1 heterocycles. The molecule has 0 aliphatic rings. The molecule has 23 heavy (non-hydrogen) atoms. The Kier molecular flexibility index (Phi) is 5.82. The Bertz CT molecular complexity index is 682. The Labute approximate surface area is 133 Å². The molecule has 0 amide bonds. The smallest absolute Gasteiger partial charge is 0.200 e. The number of halogens is 2. The van der Waals surface area contributed by atoms with Crippen LogP contribution in [-0.2, 0) is 0 Å². The maximum Gasteiger partial charge on any atom is 0.200 e. The van der Waals surface area contributed by atoms with Gasteiger partial charge in [0.15, 0.2) is 11.6 Å². The molecule has 3 nitrogen and oxygen atoms in total. The largest absolute Gasteiger partial charge is 0.505 e. The highest BCUT2D eigenvalue weighted by atomic mass is 19.2. The molecular weight excluding hydrogens is 300 g/mol. The van der Waals surface area contributed by atoms with Gasteiger partial charge in [0.05, 0.1) is 11.8 Å². The van der Waals surface area contributed by atoms with E-state index < -0.39 is 17.4 Å². The van der Waals surface area contributed by atoms with Crippen molar-refractivity contribution >= 4 is 6.08 Å². The lowest BCUT2D eigenvalue weighted by Crippen LogP contribution is -1.97. The molecule has 0 spiro atoms. The average molecular weight is 319 g/mol. The van der Waals surface area contributed by atoms with E-state index in [1.165, 1.54) is 12.3 Å². The van der Waals surface area contributed by atoms with Crippen molar-refractivity contribution in [3.05, 3.63) is 53.9 Å². The van der Waals surface area contributed by atoms with Crippen LogP contribution in [0.2, 0.25) is 0 Å². The second kappa shape index (κ2) is 7.83. The first-order valence-corrected chi connectivity index (χ1v) is 7.47. The number of nitrogens with zero attached hydrogens (tertiary/aromatic N) is 1. The Morgan fingerprint density at radius 1 is 1.17 bits per heavy atom. The van der Waals surface area contributed by atoms with E-state index >= 15 is 0 Å². The zero-order valence-electron chi connectivity index (χ0n) is 12.8. The highest BCUT2D eigenvalue weighted by molar-refractivity contribution is 5.65. The summed E-state index contributed by atoms with van der Waals surface area (Å²) in [4.78, 5) is 4.19. The van der Waals surface area contributed by atoms with Gasteiger partial charge in [-0.15, -0.1) is 0 Å². The number of phenols is 1. The van der Waals surface area contributed by atoms with Gasteiger partial charge >= 0.3 is 0 Å². The molecule has 0 aliphatic carbocycles. The lowest BCUT2D eigenvalue weighted by atomic mass is 10.1. The first kappa shape index (κ1) is 17.1. The minimum Gasteiger partial charge on any atom is -0.505 e. The molecule has 0 saturated carbocycles. The number of phenolic OH excluding ortho intramolecular Hbond substituents is 1. The molecule has 1 atom stereocenters. The van der Waals surface area contributed by atoms with Gasteiger partial charge in [-0.2, -0.15) is 4.39 Å². The van der Waals surface area contributed by atoms with Crippen LogP contribution in [0.3, 0.4) is 0 Å². The molecule has 0 bridgehead atoms. The summed E-state index contributed by atoms with van der Waals surface area (Å²) in [5.74, 6) is -3.06. The number of allylic oxidation sites excluding steroid dienone is 1. The number of hydrogen-bond donors (Lipinski definition) is 2. The van der Waals surface area contributed by atoms with Gasteiger partial charge in [-0.1, -0.05) is 12.1 Å². The Balaban J connectivity index is 2.05. The van der Waals surface area contributed by atoms with Crippen molar-refractivity contribution in [1.29, 1.82) is 0 Å². The van der Waals surface area contributed by atoms with Gasteiger partial charge < -0.3 is 10.2 Å². The normalized spacial score (nSPS) is 12.7. The monoisotopic (exact) mass is 319 g/mol. The van der Waals surface area contributed by atoms with Crippen LogP contribution < -0.4 is 0 Å². The predicted octanol–water partition coefficient (Wildman–Crippen LogP) is 4.30. The molecule has 2 N–H and O–H groups in total. The van der Waals surface area contributed by atoms with Gasteiger partial charge in [0.2, 0.25) is 5.82 Å². The van der Waals surface area contributed by atoms with Gasteiger partial charge in [-0.05, 0) is 50.5 Å². The summed E-state index contributed by atoms with van der Waals surface area (Å²) in [6, 6.07) is 5.79. The standard InChI is InChI=1S/C18H19F2NO2/c1-12(22)5-3-2-4-6-14-8-7-13(11-21-14)15-9-10-16(23)18(20)17(15)19/h4,6-12,22-23H,2-3,5H2,1H3/b6-4+. The van der Waals surface area contributed by atoms with Crippen molar-refractivity contribution in [2.75, 3.05) is 0 Å². The van der Waals surface area contributed by atoms with E-state index in [9.17, 15) is 8.78 Å². The fourth-order valence-corrected chi connectivity index (χ4v) is 2.16. The van der Waals surface area contributed by atoms with E-state index in [0.717, 1.165) is 25.3 Å². The lowest BCUT2D eigenvalue weighted by molar-refractivity contribution is 0.182. The summed E-state index contributed by atoms with van der Waals surface area (Å²) < 4.78 is 27.2. The van der Waals surface area contributed by atoms with Gasteiger partial charge in [-0.25, -0.2) is 4.39 Å². The van der Waals surface area contributed by atoms with Crippen molar-refractivity contribution in [3.8, 4) is 16.9 Å². The van der Waals surface area contributed by atoms with Crippen LogP contribution in [0.5, 0.6) is 5.75 Å². The molecule has 1 unspecified atom stereocenters. The number of aliphatic hydroxyl groups is 1. The molecule has 0 radical (unpaired) electrons. The number of unbranched alkanes of at least 4 members (excludes halogenated alkanes) is 1. The van der Waals surface area contributed by atoms with Gasteiger partial charge in [0.25, 0.3) is 0 Å². The number of pyridine rings is 1. The molecule has 0 aliphatic heterocycles. The van der Waals surface area contributed by atoms with Crippen molar-refractivity contribution in [2.45, 2.75) is 32.3 Å². The molecule has 2 rings (SSSR count). The molecule has 0 fully saturated rings. The van der Waals surface area contributed by atoms with Crippen LogP contribution in [0, 0.1) is 11.6 Å². The minimum absolute atomic E-state index is 0.0558. The summed E-state index contributed by atoms with van der Waals surface area (Å²) in [6.45, 7) is 1.76. The molecule has 5 heteroatoms. The van der Waals surface area contributed by atoms with Gasteiger partial charge in [0, 0.05) is 17.3 Å². The SMILES string of the molecule is CC(O)CCC/C=C/c1ccc(-c2ccc(O)c(F)c2F)cn1. The molecule has 0 saturated heterocycles. The fraction of sp³-hybridized carbons (Fsp3) is 0.278. The maximum absolute atomic E-state index is 13.8. The van der Waals surface area contributed by atoms with E-state index in [4.69, 9.17) is 10.2 Å². The average Bonchev–Trinajstić information content (AvgIpc) is 2.53. The number of aliphatic hydroxyl groups excluding tert-OH is 1. The Morgan fingerprint density at radius 3 is 2.61 bits per heavy atom. The fourth-order valence-electron chi connectivity index (χ4n) is 2.16. The number of aromatic hydroxyl groups is 1. The highest BCUT2D eigenvalue weighted by Crippen LogP contribution is 2.28. The first-order valence-electron chi connectivity index (χ1n) is 7.47. The quantitative estimate of drug-likeness (QED) is 0.781. The Hall–Kier alpha value is -2.27. The van der Waals surface area contributed by atoms with E-state index in [1.807, 2.05) is 12.2 Å². The molecule has 122 valence electrons. The Morgan fingerprint density at radius 2 is 1.96 bits per heavy atom. The predicted molar refractivity (Wildman–Crippen MR) is 85.8 cm³/mol. The second-order valence-corrected chi connectivity index (χ2v) is 5.41. The van der Waals surface area contributed by atoms with Gasteiger partial charge in [-0.3, -0.25) is 4.98 Å². The number of hydrogen-bond acceptors (Lipinski definition) is 3. The number of benzene rings is 1. The topological polar surface area (TPSA) is 53.4 Å². The second-order valence-electron chi connectivity index (χ2n) is 5.41. The third-order valence-electron chi connectivity index (χ3n) is 3.44. The van der Waals surface area contributed by atoms with Crippen molar-refractivity contribution < 1.29 is 19.0 Å². The van der Waals surface area contributed by atoms with Crippen molar-refractivity contribution in [2.24, 2.45) is 0 Å². The van der Waals surface area contributed by atoms with E-state index in [2.05, 4.69) is 4.98 Å². The third kappa shape index (κ3) is 4.60. The lowest BCUT2D eigenvalue weighted by Gasteiger charge is -2.05. The summed E-state index contributed by atoms with van der Waals surface area (Å²) in [5.41, 5.74) is 1.21. The summed E-state index contributed by atoms with van der Waals surface area (Å²) in [7, 11) is 0. The van der Waals surface area contributed by atoms with E-state index in [1.54, 1.807) is 19.1 Å². The first-order chi connectivity index (χ1) is 11.0. The number of rotatable bonds is 6. The molecule has 1 aromatic heterocycles. The van der Waals surface area contributed by atoms with E-state index in [-0.39, 0.29) is 11.7 Å². The minimum atomic E-state index is -1.26.